The number of carbonyl (C=O) groups is 1. The molecule has 0 spiro atoms. The lowest BCUT2D eigenvalue weighted by Gasteiger charge is -2.40. The number of halogens is 1. The first kappa shape index (κ1) is 20.4. The molecule has 1 aromatic rings. The van der Waals surface area contributed by atoms with Crippen molar-refractivity contribution in [2.24, 2.45) is 4.99 Å². The van der Waals surface area contributed by atoms with Crippen molar-refractivity contribution in [3.63, 3.8) is 0 Å². The Morgan fingerprint density at radius 2 is 2.11 bits per heavy atom. The van der Waals surface area contributed by atoms with Crippen molar-refractivity contribution >= 4 is 27.8 Å². The Morgan fingerprint density at radius 1 is 1.43 bits per heavy atom. The number of nitrogen functional groups attached to an aromatic ring is 1. The van der Waals surface area contributed by atoms with Gasteiger partial charge in [-0.05, 0) is 58.2 Å². The Hall–Kier alpha value is -2.36. The van der Waals surface area contributed by atoms with Crippen LogP contribution in [0.25, 0.3) is 0 Å². The number of nitrogens with zero attached hydrogens (tertiary/aromatic N) is 2. The Kier molecular flexibility index (Phi) is 4.81. The summed E-state index contributed by atoms with van der Waals surface area (Å²) in [5.41, 5.74) is 4.13. The molecule has 0 unspecified atom stereocenters. The quantitative estimate of drug-likeness (QED) is 0.687. The lowest BCUT2D eigenvalue weighted by atomic mass is 9.87. The molecule has 1 heterocycles. The van der Waals surface area contributed by atoms with Gasteiger partial charge >= 0.3 is 6.09 Å². The van der Waals surface area contributed by atoms with Crippen LogP contribution in [0.15, 0.2) is 23.2 Å². The molecule has 3 rings (SSSR count). The molecule has 1 aromatic carbocycles. The van der Waals surface area contributed by atoms with E-state index in [0.717, 1.165) is 4.31 Å². The van der Waals surface area contributed by atoms with Gasteiger partial charge in [0.05, 0.1) is 0 Å². The molecular formula is C18H25FN4O4S. The molecule has 1 saturated carbocycles. The first-order valence-corrected chi connectivity index (χ1v) is 10.5. The molecule has 0 radical (unpaired) electrons. The summed E-state index contributed by atoms with van der Waals surface area (Å²) in [5.74, 6) is -0.782. The van der Waals surface area contributed by atoms with E-state index < -0.39 is 38.3 Å². The van der Waals surface area contributed by atoms with E-state index in [1.54, 1.807) is 20.8 Å². The van der Waals surface area contributed by atoms with E-state index in [4.69, 9.17) is 10.5 Å². The number of ether oxygens (including phenoxy) is 1. The van der Waals surface area contributed by atoms with Gasteiger partial charge in [0.2, 0.25) is 16.0 Å². The third-order valence-corrected chi connectivity index (χ3v) is 7.25. The molecule has 28 heavy (non-hydrogen) atoms. The first-order valence-electron chi connectivity index (χ1n) is 9.00. The van der Waals surface area contributed by atoms with Crippen molar-refractivity contribution in [3.05, 3.63) is 29.6 Å². The van der Waals surface area contributed by atoms with Gasteiger partial charge in [0.1, 0.15) is 22.2 Å². The maximum atomic E-state index is 14.7. The maximum absolute atomic E-state index is 14.7. The second kappa shape index (κ2) is 6.61. The van der Waals surface area contributed by atoms with Gasteiger partial charge in [-0.15, -0.1) is 0 Å². The van der Waals surface area contributed by atoms with Crippen LogP contribution in [0.4, 0.5) is 14.9 Å². The molecule has 154 valence electrons. The van der Waals surface area contributed by atoms with Gasteiger partial charge in [0, 0.05) is 18.3 Å². The Bertz CT molecular complexity index is 941. The molecule has 1 fully saturated rings. The fourth-order valence-corrected chi connectivity index (χ4v) is 5.76. The zero-order valence-electron chi connectivity index (χ0n) is 16.3. The summed E-state index contributed by atoms with van der Waals surface area (Å²) < 4.78 is 47.1. The van der Waals surface area contributed by atoms with Crippen molar-refractivity contribution < 1.29 is 22.3 Å². The molecule has 2 atom stereocenters. The van der Waals surface area contributed by atoms with E-state index in [1.807, 2.05) is 0 Å². The summed E-state index contributed by atoms with van der Waals surface area (Å²) in [6.07, 6.45) is 0.372. The van der Waals surface area contributed by atoms with Crippen LogP contribution >= 0.6 is 0 Å². The number of hydrogen-bond acceptors (Lipinski definition) is 6. The van der Waals surface area contributed by atoms with Gasteiger partial charge in [-0.1, -0.05) is 0 Å². The van der Waals surface area contributed by atoms with Crippen LogP contribution in [0, 0.1) is 5.82 Å². The van der Waals surface area contributed by atoms with Crippen LogP contribution in [-0.2, 0) is 20.3 Å². The van der Waals surface area contributed by atoms with Crippen molar-refractivity contribution in [3.8, 4) is 0 Å². The third-order valence-electron chi connectivity index (χ3n) is 4.97. The van der Waals surface area contributed by atoms with Crippen molar-refractivity contribution in [1.82, 2.24) is 9.62 Å². The molecule has 1 aliphatic carbocycles. The fourth-order valence-electron chi connectivity index (χ4n) is 3.80. The average molecular weight is 412 g/mol. The Balaban J connectivity index is 2.13. The second-order valence-electron chi connectivity index (χ2n) is 8.12. The van der Waals surface area contributed by atoms with Gasteiger partial charge in [-0.2, -0.15) is 0 Å². The highest BCUT2D eigenvalue weighted by Gasteiger charge is 2.57. The largest absolute Gasteiger partial charge is 0.444 e. The molecule has 0 bridgehead atoms. The van der Waals surface area contributed by atoms with E-state index in [2.05, 4.69) is 10.3 Å². The van der Waals surface area contributed by atoms with Crippen molar-refractivity contribution in [1.29, 1.82) is 0 Å². The molecule has 0 saturated heterocycles. The standard InChI is InChI=1S/C18H25FN4O4S/c1-17(2,3)27-16(24)21-15-22-18(12-10-11(20)7-8-13(12)19)9-5-6-14(18)28(25,26)23(15)4/h7-8,10,14H,5-6,9,20H2,1-4H3,(H,21,22,24)/t14-,18-/m1/s1. The fraction of sp³-hybridized carbons (Fsp3) is 0.556. The molecule has 2 aliphatic rings. The summed E-state index contributed by atoms with van der Waals surface area (Å²) in [4.78, 5) is 16.8. The second-order valence-corrected chi connectivity index (χ2v) is 10.3. The number of sulfonamides is 1. The van der Waals surface area contributed by atoms with Crippen molar-refractivity contribution in [2.75, 3.05) is 12.8 Å². The zero-order valence-corrected chi connectivity index (χ0v) is 17.1. The first-order chi connectivity index (χ1) is 12.9. The highest BCUT2D eigenvalue weighted by atomic mass is 32.2. The van der Waals surface area contributed by atoms with E-state index in [9.17, 15) is 17.6 Å². The molecule has 1 aliphatic heterocycles. The predicted octanol–water partition coefficient (Wildman–Crippen LogP) is 2.31. The number of alkyl carbamates (subject to hydrolysis) is 1. The van der Waals surface area contributed by atoms with E-state index in [1.165, 1.54) is 25.2 Å². The van der Waals surface area contributed by atoms with Gasteiger partial charge in [0.15, 0.2) is 0 Å². The third kappa shape index (κ3) is 3.41. The van der Waals surface area contributed by atoms with Crippen LogP contribution in [0.5, 0.6) is 0 Å². The van der Waals surface area contributed by atoms with Crippen molar-refractivity contribution in [2.45, 2.75) is 56.4 Å². The summed E-state index contributed by atoms with van der Waals surface area (Å²) in [5, 5.41) is 1.46. The van der Waals surface area contributed by atoms with Crippen LogP contribution in [0.2, 0.25) is 0 Å². The lowest BCUT2D eigenvalue weighted by molar-refractivity contribution is 0.0558. The minimum atomic E-state index is -3.89. The van der Waals surface area contributed by atoms with Gasteiger partial charge < -0.3 is 10.5 Å². The van der Waals surface area contributed by atoms with E-state index in [-0.39, 0.29) is 11.5 Å². The highest BCUT2D eigenvalue weighted by molar-refractivity contribution is 7.90. The SMILES string of the molecule is CN1C(NC(=O)OC(C)(C)C)=N[C@@]2(c3cc(N)ccc3F)CCC[C@H]2S1(=O)=O. The number of rotatable bonds is 1. The number of guanidine groups is 1. The number of benzene rings is 1. The summed E-state index contributed by atoms with van der Waals surface area (Å²) in [6.45, 7) is 5.06. The molecule has 10 heteroatoms. The predicted molar refractivity (Wildman–Crippen MR) is 104 cm³/mol. The summed E-state index contributed by atoms with van der Waals surface area (Å²) in [6, 6.07) is 4.03. The summed E-state index contributed by atoms with van der Waals surface area (Å²) in [7, 11) is -2.58. The molecule has 8 nitrogen and oxygen atoms in total. The van der Waals surface area contributed by atoms with Gasteiger partial charge in [-0.3, -0.25) is 5.32 Å². The molecule has 3 N–H and O–H groups in total. The van der Waals surface area contributed by atoms with Gasteiger partial charge in [-0.25, -0.2) is 26.9 Å². The minimum Gasteiger partial charge on any atom is -0.444 e. The summed E-state index contributed by atoms with van der Waals surface area (Å²) >= 11 is 0. The zero-order chi connectivity index (χ0) is 20.9. The molecule has 0 aromatic heterocycles. The number of hydrogen-bond donors (Lipinski definition) is 2. The average Bonchev–Trinajstić information content (AvgIpc) is 2.99. The van der Waals surface area contributed by atoms with Crippen LogP contribution in [0.3, 0.4) is 0 Å². The number of aliphatic imine (C=N–C) groups is 1. The normalized spacial score (nSPS) is 26.4. The maximum Gasteiger partial charge on any atom is 0.414 e. The van der Waals surface area contributed by atoms with Crippen LogP contribution in [-0.4, -0.2) is 42.7 Å². The van der Waals surface area contributed by atoms with Crippen LogP contribution in [0.1, 0.15) is 45.6 Å². The smallest absolute Gasteiger partial charge is 0.414 e. The highest BCUT2D eigenvalue weighted by Crippen LogP contribution is 2.49. The minimum absolute atomic E-state index is 0.121. The van der Waals surface area contributed by atoms with Crippen LogP contribution < -0.4 is 11.1 Å². The Morgan fingerprint density at radius 3 is 2.75 bits per heavy atom. The number of amides is 1. The number of nitrogens with two attached hydrogens (primary N) is 1. The number of carbonyl (C=O) groups excluding carboxylic acids is 1. The number of anilines is 1. The number of nitrogens with one attached hydrogen (secondary N) is 1. The van der Waals surface area contributed by atoms with E-state index in [0.29, 0.717) is 24.9 Å². The molecular weight excluding hydrogens is 387 g/mol. The monoisotopic (exact) mass is 412 g/mol. The number of fused-ring (bicyclic) bond motifs is 1. The van der Waals surface area contributed by atoms with E-state index >= 15 is 0 Å². The lowest BCUT2D eigenvalue weighted by Crippen LogP contribution is -2.57. The topological polar surface area (TPSA) is 114 Å². The molecule has 1 amide bonds. The Labute approximate surface area is 164 Å². The van der Waals surface area contributed by atoms with Gasteiger partial charge in [0.25, 0.3) is 0 Å².